The van der Waals surface area contributed by atoms with E-state index in [1.807, 2.05) is 0 Å². The lowest BCUT2D eigenvalue weighted by Crippen LogP contribution is -2.24. The van der Waals surface area contributed by atoms with Crippen molar-refractivity contribution in [1.29, 1.82) is 0 Å². The normalized spacial score (nSPS) is 11.6. The highest BCUT2D eigenvalue weighted by Crippen LogP contribution is 2.20. The first-order valence-corrected chi connectivity index (χ1v) is 7.55. The van der Waals surface area contributed by atoms with E-state index in [0.717, 1.165) is 0 Å². The summed E-state index contributed by atoms with van der Waals surface area (Å²) in [5.41, 5.74) is 0.536. The van der Waals surface area contributed by atoms with Crippen LogP contribution in [0, 0.1) is 17.5 Å². The highest BCUT2D eigenvalue weighted by Gasteiger charge is 2.23. The Bertz CT molecular complexity index is 781. The smallest absolute Gasteiger partial charge is 0.207 e. The molecule has 112 valence electrons. The third-order valence-electron chi connectivity index (χ3n) is 2.64. The van der Waals surface area contributed by atoms with Crippen LogP contribution in [0.5, 0.6) is 0 Å². The molecule has 0 amide bonds. The second kappa shape index (κ2) is 6.05. The van der Waals surface area contributed by atoms with Crippen molar-refractivity contribution in [1.82, 2.24) is 4.72 Å². The molecular formula is C13H9ClF3NO2S. The van der Waals surface area contributed by atoms with Crippen molar-refractivity contribution in [3.8, 4) is 0 Å². The number of sulfonamides is 1. The summed E-state index contributed by atoms with van der Waals surface area (Å²) in [5, 5.41) is 0.408. The van der Waals surface area contributed by atoms with E-state index in [2.05, 4.69) is 4.72 Å². The number of halogens is 4. The topological polar surface area (TPSA) is 46.2 Å². The first-order valence-electron chi connectivity index (χ1n) is 5.69. The first-order chi connectivity index (χ1) is 9.81. The Hall–Kier alpha value is -1.57. The molecule has 3 nitrogen and oxygen atoms in total. The van der Waals surface area contributed by atoms with Gasteiger partial charge >= 0.3 is 0 Å². The lowest BCUT2D eigenvalue weighted by molar-refractivity contribution is 0.431. The highest BCUT2D eigenvalue weighted by molar-refractivity contribution is 7.89. The van der Waals surface area contributed by atoms with Gasteiger partial charge in [0.25, 0.3) is 0 Å². The fourth-order valence-corrected chi connectivity index (χ4v) is 2.92. The molecule has 21 heavy (non-hydrogen) atoms. The molecule has 0 heterocycles. The third kappa shape index (κ3) is 3.55. The van der Waals surface area contributed by atoms with Gasteiger partial charge in [0.15, 0.2) is 17.5 Å². The van der Waals surface area contributed by atoms with Gasteiger partial charge in [-0.05, 0) is 29.8 Å². The lowest BCUT2D eigenvalue weighted by Gasteiger charge is -2.08. The van der Waals surface area contributed by atoms with Crippen LogP contribution in [0.2, 0.25) is 5.02 Å². The summed E-state index contributed by atoms with van der Waals surface area (Å²) >= 11 is 5.75. The van der Waals surface area contributed by atoms with E-state index in [1.165, 1.54) is 6.07 Å². The summed E-state index contributed by atoms with van der Waals surface area (Å²) < 4.78 is 65.3. The number of hydrogen-bond acceptors (Lipinski definition) is 2. The molecule has 1 N–H and O–H groups in total. The summed E-state index contributed by atoms with van der Waals surface area (Å²) in [6, 6.07) is 7.56. The lowest BCUT2D eigenvalue weighted by atomic mass is 10.2. The molecule has 0 radical (unpaired) electrons. The van der Waals surface area contributed by atoms with Gasteiger partial charge in [0.05, 0.1) is 0 Å². The second-order valence-corrected chi connectivity index (χ2v) is 6.30. The van der Waals surface area contributed by atoms with Gasteiger partial charge in [-0.2, -0.15) is 0 Å². The van der Waals surface area contributed by atoms with Crippen LogP contribution < -0.4 is 4.72 Å². The minimum atomic E-state index is -4.32. The van der Waals surface area contributed by atoms with Crippen LogP contribution in [0.4, 0.5) is 13.2 Å². The van der Waals surface area contributed by atoms with Crippen molar-refractivity contribution < 1.29 is 21.6 Å². The Balaban J connectivity index is 2.25. The predicted octanol–water partition coefficient (Wildman–Crippen LogP) is 3.24. The summed E-state index contributed by atoms with van der Waals surface area (Å²) in [6.45, 7) is -0.165. The van der Waals surface area contributed by atoms with Gasteiger partial charge in [-0.1, -0.05) is 23.7 Å². The predicted molar refractivity (Wildman–Crippen MR) is 71.8 cm³/mol. The molecule has 2 aromatic carbocycles. The van der Waals surface area contributed by atoms with E-state index in [4.69, 9.17) is 11.6 Å². The Morgan fingerprint density at radius 2 is 1.76 bits per heavy atom. The molecule has 0 aliphatic carbocycles. The van der Waals surface area contributed by atoms with Crippen LogP contribution in [0.3, 0.4) is 0 Å². The zero-order chi connectivity index (χ0) is 15.6. The van der Waals surface area contributed by atoms with Gasteiger partial charge in [-0.15, -0.1) is 0 Å². The molecule has 2 rings (SSSR count). The van der Waals surface area contributed by atoms with Gasteiger partial charge in [0.2, 0.25) is 10.0 Å². The standard InChI is InChI=1S/C13H9ClF3NO2S/c14-9-3-1-2-8(6-9)7-18-21(19,20)11-5-4-10(15)12(16)13(11)17/h1-6,18H,7H2. The Kier molecular flexibility index (Phi) is 4.55. The zero-order valence-electron chi connectivity index (χ0n) is 10.4. The number of rotatable bonds is 4. The quantitative estimate of drug-likeness (QED) is 0.872. The molecule has 0 aromatic heterocycles. The van der Waals surface area contributed by atoms with Crippen LogP contribution in [0.25, 0.3) is 0 Å². The van der Waals surface area contributed by atoms with Gasteiger partial charge in [-0.3, -0.25) is 0 Å². The molecule has 0 aliphatic rings. The molecule has 0 saturated heterocycles. The Morgan fingerprint density at radius 3 is 2.43 bits per heavy atom. The maximum Gasteiger partial charge on any atom is 0.243 e. The van der Waals surface area contributed by atoms with Gasteiger partial charge in [0.1, 0.15) is 4.90 Å². The number of benzene rings is 2. The maximum atomic E-state index is 13.5. The summed E-state index contributed by atoms with van der Waals surface area (Å²) in [6.07, 6.45) is 0. The second-order valence-electron chi connectivity index (χ2n) is 4.13. The average molecular weight is 336 g/mol. The monoisotopic (exact) mass is 335 g/mol. The molecule has 0 atom stereocenters. The van der Waals surface area contributed by atoms with Crippen LogP contribution in [0.1, 0.15) is 5.56 Å². The van der Waals surface area contributed by atoms with Crippen molar-refractivity contribution in [2.45, 2.75) is 11.4 Å². The summed E-state index contributed by atoms with van der Waals surface area (Å²) in [7, 11) is -4.32. The molecule has 0 unspecified atom stereocenters. The molecule has 0 saturated carbocycles. The van der Waals surface area contributed by atoms with Gasteiger partial charge < -0.3 is 0 Å². The van der Waals surface area contributed by atoms with E-state index in [0.29, 0.717) is 22.7 Å². The minimum absolute atomic E-state index is 0.165. The zero-order valence-corrected chi connectivity index (χ0v) is 12.0. The van der Waals surface area contributed by atoms with E-state index in [1.54, 1.807) is 18.2 Å². The van der Waals surface area contributed by atoms with Crippen molar-refractivity contribution in [3.05, 3.63) is 64.4 Å². The fourth-order valence-electron chi connectivity index (χ4n) is 1.62. The van der Waals surface area contributed by atoms with Crippen molar-refractivity contribution in [2.24, 2.45) is 0 Å². The largest absolute Gasteiger partial charge is 0.243 e. The third-order valence-corrected chi connectivity index (χ3v) is 4.30. The van der Waals surface area contributed by atoms with Gasteiger partial charge in [-0.25, -0.2) is 26.3 Å². The Morgan fingerprint density at radius 1 is 1.05 bits per heavy atom. The first kappa shape index (κ1) is 15.8. The van der Waals surface area contributed by atoms with E-state index >= 15 is 0 Å². The molecule has 0 fully saturated rings. The fraction of sp³-hybridized carbons (Fsp3) is 0.0769. The summed E-state index contributed by atoms with van der Waals surface area (Å²) in [4.78, 5) is -0.955. The van der Waals surface area contributed by atoms with Crippen LogP contribution >= 0.6 is 11.6 Å². The molecule has 0 aliphatic heterocycles. The number of hydrogen-bond donors (Lipinski definition) is 1. The minimum Gasteiger partial charge on any atom is -0.207 e. The van der Waals surface area contributed by atoms with Crippen molar-refractivity contribution >= 4 is 21.6 Å². The molecule has 2 aromatic rings. The van der Waals surface area contributed by atoms with Crippen molar-refractivity contribution in [3.63, 3.8) is 0 Å². The van der Waals surface area contributed by atoms with Crippen molar-refractivity contribution in [2.75, 3.05) is 0 Å². The molecule has 8 heteroatoms. The van der Waals surface area contributed by atoms with Gasteiger partial charge in [0, 0.05) is 11.6 Å². The van der Waals surface area contributed by atoms with Crippen LogP contribution in [-0.4, -0.2) is 8.42 Å². The average Bonchev–Trinajstić information content (AvgIpc) is 2.43. The van der Waals surface area contributed by atoms with E-state index in [9.17, 15) is 21.6 Å². The van der Waals surface area contributed by atoms with E-state index in [-0.39, 0.29) is 6.54 Å². The van der Waals surface area contributed by atoms with Crippen LogP contribution in [0.15, 0.2) is 41.3 Å². The molecule has 0 spiro atoms. The highest BCUT2D eigenvalue weighted by atomic mass is 35.5. The molecular weight excluding hydrogens is 327 g/mol. The molecule has 0 bridgehead atoms. The maximum absolute atomic E-state index is 13.5. The van der Waals surface area contributed by atoms with Crippen LogP contribution in [-0.2, 0) is 16.6 Å². The van der Waals surface area contributed by atoms with E-state index < -0.39 is 32.4 Å². The number of nitrogens with one attached hydrogen (secondary N) is 1. The SMILES string of the molecule is O=S(=O)(NCc1cccc(Cl)c1)c1ccc(F)c(F)c1F. The Labute approximate surface area is 124 Å². The summed E-state index contributed by atoms with van der Waals surface area (Å²) in [5.74, 6) is -5.05.